The first-order chi connectivity index (χ1) is 12.4. The standard InChI is InChI=1S/C19H26N2O4S/c1-15-3-5-18(25-2)16(13-15)4-6-19(22)21-10-8-20(9-11-21)17-7-12-26(23,24)14-17/h3-6,13,17H,7-12,14H2,1-2H3/b6-4+. The number of benzene rings is 1. The summed E-state index contributed by atoms with van der Waals surface area (Å²) < 4.78 is 28.6. The lowest BCUT2D eigenvalue weighted by Crippen LogP contribution is -2.52. The molecule has 7 heteroatoms. The van der Waals surface area contributed by atoms with Crippen LogP contribution in [0.2, 0.25) is 0 Å². The highest BCUT2D eigenvalue weighted by atomic mass is 32.2. The van der Waals surface area contributed by atoms with E-state index >= 15 is 0 Å². The molecule has 2 saturated heterocycles. The molecule has 1 aromatic rings. The Labute approximate surface area is 155 Å². The summed E-state index contributed by atoms with van der Waals surface area (Å²) in [4.78, 5) is 16.5. The van der Waals surface area contributed by atoms with E-state index in [-0.39, 0.29) is 23.5 Å². The topological polar surface area (TPSA) is 66.9 Å². The molecule has 2 aliphatic heterocycles. The Hall–Kier alpha value is -1.86. The molecule has 0 aromatic heterocycles. The minimum atomic E-state index is -2.87. The lowest BCUT2D eigenvalue weighted by molar-refractivity contribution is -0.127. The van der Waals surface area contributed by atoms with Crippen molar-refractivity contribution in [1.82, 2.24) is 9.80 Å². The largest absolute Gasteiger partial charge is 0.496 e. The van der Waals surface area contributed by atoms with Gasteiger partial charge in [-0.25, -0.2) is 8.42 Å². The van der Waals surface area contributed by atoms with Gasteiger partial charge in [-0.05, 0) is 31.6 Å². The fourth-order valence-corrected chi connectivity index (χ4v) is 5.38. The third kappa shape index (κ3) is 4.45. The van der Waals surface area contributed by atoms with Gasteiger partial charge in [-0.2, -0.15) is 0 Å². The van der Waals surface area contributed by atoms with Gasteiger partial charge in [0.15, 0.2) is 9.84 Å². The lowest BCUT2D eigenvalue weighted by Gasteiger charge is -2.37. The average molecular weight is 378 g/mol. The molecule has 0 saturated carbocycles. The van der Waals surface area contributed by atoms with Gasteiger partial charge in [0.05, 0.1) is 18.6 Å². The number of sulfone groups is 1. The van der Waals surface area contributed by atoms with Crippen molar-refractivity contribution in [3.8, 4) is 5.75 Å². The predicted molar refractivity (Wildman–Crippen MR) is 102 cm³/mol. The smallest absolute Gasteiger partial charge is 0.246 e. The van der Waals surface area contributed by atoms with E-state index in [1.807, 2.05) is 30.0 Å². The molecule has 1 unspecified atom stereocenters. The Bertz CT molecular complexity index is 796. The summed E-state index contributed by atoms with van der Waals surface area (Å²) in [6.07, 6.45) is 4.10. The number of amides is 1. The normalized spacial score (nSPS) is 23.5. The molecule has 0 aliphatic carbocycles. The van der Waals surface area contributed by atoms with E-state index in [1.165, 1.54) is 0 Å². The number of nitrogens with zero attached hydrogens (tertiary/aromatic N) is 2. The molecule has 3 rings (SSSR count). The molecule has 1 amide bonds. The van der Waals surface area contributed by atoms with Crippen molar-refractivity contribution in [2.75, 3.05) is 44.8 Å². The number of methoxy groups -OCH3 is 1. The highest BCUT2D eigenvalue weighted by Crippen LogP contribution is 2.22. The van der Waals surface area contributed by atoms with Crippen molar-refractivity contribution in [2.45, 2.75) is 19.4 Å². The number of hydrogen-bond acceptors (Lipinski definition) is 5. The summed E-state index contributed by atoms with van der Waals surface area (Å²) in [6.45, 7) is 4.72. The van der Waals surface area contributed by atoms with Gasteiger partial charge in [0, 0.05) is 43.9 Å². The van der Waals surface area contributed by atoms with Crippen LogP contribution in [-0.4, -0.2) is 75.0 Å². The molecule has 1 aromatic carbocycles. The van der Waals surface area contributed by atoms with Gasteiger partial charge in [-0.1, -0.05) is 11.6 Å². The fourth-order valence-electron chi connectivity index (χ4n) is 3.62. The number of carbonyl (C=O) groups is 1. The maximum atomic E-state index is 12.5. The van der Waals surface area contributed by atoms with Gasteiger partial charge >= 0.3 is 0 Å². The van der Waals surface area contributed by atoms with Crippen molar-refractivity contribution in [2.24, 2.45) is 0 Å². The molecule has 0 spiro atoms. The average Bonchev–Trinajstić information content (AvgIpc) is 3.00. The second kappa shape index (κ2) is 7.80. The van der Waals surface area contributed by atoms with Crippen molar-refractivity contribution in [1.29, 1.82) is 0 Å². The molecular weight excluding hydrogens is 352 g/mol. The molecular formula is C19H26N2O4S. The molecule has 142 valence electrons. The van der Waals surface area contributed by atoms with Crippen LogP contribution in [0.15, 0.2) is 24.3 Å². The Morgan fingerprint density at radius 2 is 1.96 bits per heavy atom. The second-order valence-electron chi connectivity index (χ2n) is 7.00. The van der Waals surface area contributed by atoms with Gasteiger partial charge in [-0.15, -0.1) is 0 Å². The zero-order valence-corrected chi connectivity index (χ0v) is 16.2. The van der Waals surface area contributed by atoms with Crippen LogP contribution in [-0.2, 0) is 14.6 Å². The predicted octanol–water partition coefficient (Wildman–Crippen LogP) is 1.35. The van der Waals surface area contributed by atoms with E-state index in [0.29, 0.717) is 19.5 Å². The van der Waals surface area contributed by atoms with Crippen molar-refractivity contribution in [3.05, 3.63) is 35.4 Å². The lowest BCUT2D eigenvalue weighted by atomic mass is 10.1. The SMILES string of the molecule is COc1ccc(C)cc1/C=C/C(=O)N1CCN(C2CCS(=O)(=O)C2)CC1. The number of carbonyl (C=O) groups excluding carboxylic acids is 1. The van der Waals surface area contributed by atoms with Gasteiger partial charge in [0.1, 0.15) is 5.75 Å². The number of piperazine rings is 1. The Morgan fingerprint density at radius 3 is 2.58 bits per heavy atom. The van der Waals surface area contributed by atoms with E-state index in [4.69, 9.17) is 4.74 Å². The van der Waals surface area contributed by atoms with Gasteiger partial charge < -0.3 is 9.64 Å². The molecule has 0 N–H and O–H groups in total. The summed E-state index contributed by atoms with van der Waals surface area (Å²) in [5, 5.41) is 0. The molecule has 0 radical (unpaired) electrons. The Morgan fingerprint density at radius 1 is 1.23 bits per heavy atom. The van der Waals surface area contributed by atoms with Crippen LogP contribution >= 0.6 is 0 Å². The zero-order valence-electron chi connectivity index (χ0n) is 15.3. The second-order valence-corrected chi connectivity index (χ2v) is 9.23. The monoisotopic (exact) mass is 378 g/mol. The van der Waals surface area contributed by atoms with Crippen LogP contribution in [0.25, 0.3) is 6.08 Å². The Kier molecular flexibility index (Phi) is 5.67. The van der Waals surface area contributed by atoms with E-state index in [1.54, 1.807) is 19.3 Å². The molecule has 1 atom stereocenters. The summed E-state index contributed by atoms with van der Waals surface area (Å²) in [6, 6.07) is 5.97. The zero-order chi connectivity index (χ0) is 18.7. The first kappa shape index (κ1) is 18.9. The summed E-state index contributed by atoms with van der Waals surface area (Å²) >= 11 is 0. The van der Waals surface area contributed by atoms with Crippen molar-refractivity contribution in [3.63, 3.8) is 0 Å². The summed E-state index contributed by atoms with van der Waals surface area (Å²) in [7, 11) is -1.25. The van der Waals surface area contributed by atoms with Crippen LogP contribution < -0.4 is 4.74 Å². The van der Waals surface area contributed by atoms with Gasteiger partial charge in [-0.3, -0.25) is 9.69 Å². The molecule has 2 aliphatic rings. The molecule has 6 nitrogen and oxygen atoms in total. The van der Waals surface area contributed by atoms with E-state index < -0.39 is 9.84 Å². The van der Waals surface area contributed by atoms with Gasteiger partial charge in [0.2, 0.25) is 5.91 Å². The highest BCUT2D eigenvalue weighted by molar-refractivity contribution is 7.91. The number of ether oxygens (including phenoxy) is 1. The quantitative estimate of drug-likeness (QED) is 0.740. The van der Waals surface area contributed by atoms with E-state index in [9.17, 15) is 13.2 Å². The maximum Gasteiger partial charge on any atom is 0.246 e. The molecule has 0 bridgehead atoms. The van der Waals surface area contributed by atoms with Gasteiger partial charge in [0.25, 0.3) is 0 Å². The minimum Gasteiger partial charge on any atom is -0.496 e. The van der Waals surface area contributed by atoms with E-state index in [0.717, 1.165) is 30.0 Å². The third-order valence-corrected chi connectivity index (χ3v) is 6.89. The van der Waals surface area contributed by atoms with Crippen LogP contribution in [0.1, 0.15) is 17.5 Å². The fraction of sp³-hybridized carbons (Fsp3) is 0.526. The van der Waals surface area contributed by atoms with Crippen LogP contribution in [0.3, 0.4) is 0 Å². The third-order valence-electron chi connectivity index (χ3n) is 5.14. The number of aryl methyl sites for hydroxylation is 1. The maximum absolute atomic E-state index is 12.5. The van der Waals surface area contributed by atoms with Crippen molar-refractivity contribution < 1.29 is 17.9 Å². The summed E-state index contributed by atoms with van der Waals surface area (Å²) in [5.41, 5.74) is 1.99. The Balaban J connectivity index is 1.56. The van der Waals surface area contributed by atoms with E-state index in [2.05, 4.69) is 4.90 Å². The molecule has 26 heavy (non-hydrogen) atoms. The first-order valence-corrected chi connectivity index (χ1v) is 10.8. The van der Waals surface area contributed by atoms with Crippen molar-refractivity contribution >= 4 is 21.8 Å². The highest BCUT2D eigenvalue weighted by Gasteiger charge is 2.34. The van der Waals surface area contributed by atoms with Crippen LogP contribution in [0, 0.1) is 6.92 Å². The number of hydrogen-bond donors (Lipinski definition) is 0. The number of rotatable bonds is 4. The molecule has 2 heterocycles. The molecule has 2 fully saturated rings. The first-order valence-electron chi connectivity index (χ1n) is 8.94. The minimum absolute atomic E-state index is 0.0211. The van der Waals surface area contributed by atoms with Crippen LogP contribution in [0.5, 0.6) is 5.75 Å². The van der Waals surface area contributed by atoms with Crippen LogP contribution in [0.4, 0.5) is 0 Å². The summed E-state index contributed by atoms with van der Waals surface area (Å²) in [5.74, 6) is 1.27.